The quantitative estimate of drug-likeness (QED) is 0.602. The van der Waals surface area contributed by atoms with E-state index in [1.54, 1.807) is 0 Å². The molecule has 3 nitrogen and oxygen atoms in total. The van der Waals surface area contributed by atoms with Crippen LogP contribution in [0, 0.1) is 5.92 Å². The maximum absolute atomic E-state index is 14.3. The van der Waals surface area contributed by atoms with Crippen LogP contribution >= 0.6 is 0 Å². The second kappa shape index (κ2) is 5.99. The van der Waals surface area contributed by atoms with Gasteiger partial charge in [0.1, 0.15) is 6.17 Å². The van der Waals surface area contributed by atoms with Gasteiger partial charge in [-0.3, -0.25) is 4.99 Å². The van der Waals surface area contributed by atoms with Gasteiger partial charge in [-0.15, -0.1) is 0 Å². The van der Waals surface area contributed by atoms with Gasteiger partial charge in [-0.1, -0.05) is 36.9 Å². The molecule has 2 fully saturated rings. The molecule has 1 aromatic carbocycles. The molecular formula is C17H19F2N3. The van der Waals surface area contributed by atoms with E-state index in [0.29, 0.717) is 12.8 Å². The van der Waals surface area contributed by atoms with Gasteiger partial charge in [-0.2, -0.15) is 5.10 Å². The van der Waals surface area contributed by atoms with E-state index in [4.69, 9.17) is 0 Å². The highest BCUT2D eigenvalue weighted by atomic mass is 19.1. The first kappa shape index (κ1) is 14.9. The van der Waals surface area contributed by atoms with Crippen LogP contribution in [0.1, 0.15) is 24.4 Å². The van der Waals surface area contributed by atoms with E-state index < -0.39 is 12.3 Å². The van der Waals surface area contributed by atoms with Crippen LogP contribution < -0.4 is 0 Å². The van der Waals surface area contributed by atoms with Crippen molar-refractivity contribution in [2.75, 3.05) is 6.54 Å². The van der Waals surface area contributed by atoms with E-state index in [2.05, 4.69) is 23.4 Å². The van der Waals surface area contributed by atoms with Crippen molar-refractivity contribution in [2.24, 2.45) is 16.0 Å². The van der Waals surface area contributed by atoms with Crippen LogP contribution in [-0.2, 0) is 0 Å². The fraction of sp³-hybridized carbons (Fsp3) is 0.412. The molecule has 116 valence electrons. The van der Waals surface area contributed by atoms with Gasteiger partial charge >= 0.3 is 0 Å². The molecule has 0 amide bonds. The Morgan fingerprint density at radius 1 is 1.23 bits per heavy atom. The van der Waals surface area contributed by atoms with Crippen LogP contribution in [0.5, 0.6) is 0 Å². The third kappa shape index (κ3) is 2.80. The second-order valence-corrected chi connectivity index (χ2v) is 5.81. The topological polar surface area (TPSA) is 28.0 Å². The fourth-order valence-electron chi connectivity index (χ4n) is 2.89. The number of rotatable bonds is 5. The van der Waals surface area contributed by atoms with Crippen LogP contribution in [0.3, 0.4) is 0 Å². The zero-order valence-corrected chi connectivity index (χ0v) is 12.3. The van der Waals surface area contributed by atoms with E-state index in [1.165, 1.54) is 5.01 Å². The molecule has 0 aromatic heterocycles. The van der Waals surface area contributed by atoms with E-state index in [0.717, 1.165) is 11.1 Å². The average Bonchev–Trinajstić information content (AvgIpc) is 3.18. The summed E-state index contributed by atoms with van der Waals surface area (Å²) in [5.41, 5.74) is 1.70. The van der Waals surface area contributed by atoms with Gasteiger partial charge in [-0.05, 0) is 17.6 Å². The Hall–Kier alpha value is -2.04. The van der Waals surface area contributed by atoms with Gasteiger partial charge in [0.25, 0.3) is 0 Å². The summed E-state index contributed by atoms with van der Waals surface area (Å²) in [7, 11) is 0. The molecule has 1 heterocycles. The third-order valence-electron chi connectivity index (χ3n) is 4.26. The summed E-state index contributed by atoms with van der Waals surface area (Å²) in [6, 6.07) is 9.42. The second-order valence-electron chi connectivity index (χ2n) is 5.81. The van der Waals surface area contributed by atoms with Crippen molar-refractivity contribution in [3.63, 3.8) is 0 Å². The fourth-order valence-corrected chi connectivity index (χ4v) is 2.89. The molecule has 0 radical (unpaired) electrons. The minimum Gasteiger partial charge on any atom is -0.264 e. The number of hydrogen-bond acceptors (Lipinski definition) is 2. The van der Waals surface area contributed by atoms with Crippen molar-refractivity contribution < 1.29 is 8.78 Å². The first-order valence-electron chi connectivity index (χ1n) is 7.42. The maximum atomic E-state index is 14.3. The minimum atomic E-state index is -1.19. The summed E-state index contributed by atoms with van der Waals surface area (Å²) in [5, 5.41) is 5.47. The van der Waals surface area contributed by atoms with Crippen molar-refractivity contribution in [3.8, 4) is 0 Å². The number of nitrogens with zero attached hydrogens (tertiary/aromatic N) is 3. The van der Waals surface area contributed by atoms with Crippen LogP contribution in [-0.4, -0.2) is 36.5 Å². The number of alkyl halides is 2. The normalized spacial score (nSPS) is 32.3. The summed E-state index contributed by atoms with van der Waals surface area (Å²) in [4.78, 5) is 4.30. The molecule has 1 saturated heterocycles. The number of aliphatic imine (C=N–C) groups is 1. The number of halogens is 2. The zero-order valence-electron chi connectivity index (χ0n) is 12.3. The standard InChI is InChI=1S/C17H19F2N3/c1-11(13-8-14(13)18)10-21-17-15(19)9-16(22(17)20-2)12-6-4-3-5-7-12/h3-7,13-16H,1-2,8-10H2/b21-17-. The third-order valence-corrected chi connectivity index (χ3v) is 4.26. The SMILES string of the molecule is C=NN1/C(=N\CC(=C)C2CC2F)C(F)CC1c1ccccc1. The maximum Gasteiger partial charge on any atom is 0.161 e. The lowest BCUT2D eigenvalue weighted by molar-refractivity contribution is 0.346. The Kier molecular flexibility index (Phi) is 4.05. The van der Waals surface area contributed by atoms with Crippen molar-refractivity contribution in [1.82, 2.24) is 5.01 Å². The molecular weight excluding hydrogens is 284 g/mol. The van der Waals surface area contributed by atoms with Gasteiger partial charge in [0.15, 0.2) is 12.0 Å². The smallest absolute Gasteiger partial charge is 0.161 e. The summed E-state index contributed by atoms with van der Waals surface area (Å²) in [6.07, 6.45) is -1.19. The molecule has 0 bridgehead atoms. The van der Waals surface area contributed by atoms with Crippen molar-refractivity contribution in [3.05, 3.63) is 48.0 Å². The van der Waals surface area contributed by atoms with Crippen LogP contribution in [0.15, 0.2) is 52.6 Å². The van der Waals surface area contributed by atoms with Gasteiger partial charge < -0.3 is 0 Å². The lowest BCUT2D eigenvalue weighted by Crippen LogP contribution is -2.25. The summed E-state index contributed by atoms with van der Waals surface area (Å²) in [5.74, 6) is 0.153. The monoisotopic (exact) mass is 303 g/mol. The lowest BCUT2D eigenvalue weighted by atomic mass is 10.1. The van der Waals surface area contributed by atoms with Gasteiger partial charge in [0, 0.05) is 19.1 Å². The van der Waals surface area contributed by atoms with Crippen LogP contribution in [0.25, 0.3) is 0 Å². The van der Waals surface area contributed by atoms with Gasteiger partial charge in [0.2, 0.25) is 0 Å². The lowest BCUT2D eigenvalue weighted by Gasteiger charge is -2.21. The molecule has 5 heteroatoms. The summed E-state index contributed by atoms with van der Waals surface area (Å²) >= 11 is 0. The largest absolute Gasteiger partial charge is 0.264 e. The summed E-state index contributed by atoms with van der Waals surface area (Å²) in [6.45, 7) is 7.63. The molecule has 1 saturated carbocycles. The molecule has 4 unspecified atom stereocenters. The van der Waals surface area contributed by atoms with Crippen molar-refractivity contribution >= 4 is 12.6 Å². The molecule has 0 spiro atoms. The number of hydrogen-bond donors (Lipinski definition) is 0. The highest BCUT2D eigenvalue weighted by molar-refractivity contribution is 5.89. The molecule has 0 N–H and O–H groups in total. The van der Waals surface area contributed by atoms with E-state index >= 15 is 0 Å². The van der Waals surface area contributed by atoms with Gasteiger partial charge in [0.05, 0.1) is 12.6 Å². The highest BCUT2D eigenvalue weighted by Crippen LogP contribution is 2.40. The first-order valence-corrected chi connectivity index (χ1v) is 7.42. The Morgan fingerprint density at radius 3 is 2.50 bits per heavy atom. The number of benzene rings is 1. The predicted octanol–water partition coefficient (Wildman–Crippen LogP) is 3.70. The predicted molar refractivity (Wildman–Crippen MR) is 84.5 cm³/mol. The minimum absolute atomic E-state index is 0.112. The molecule has 1 aliphatic heterocycles. The van der Waals surface area contributed by atoms with Crippen LogP contribution in [0.2, 0.25) is 0 Å². The molecule has 1 aromatic rings. The first-order chi connectivity index (χ1) is 10.6. The average molecular weight is 303 g/mol. The molecule has 1 aliphatic carbocycles. The van der Waals surface area contributed by atoms with Gasteiger partial charge in [-0.25, -0.2) is 13.8 Å². The Labute approximate surface area is 129 Å². The zero-order chi connectivity index (χ0) is 15.7. The van der Waals surface area contributed by atoms with E-state index in [9.17, 15) is 8.78 Å². The molecule has 3 rings (SSSR count). The molecule has 2 aliphatic rings. The highest BCUT2D eigenvalue weighted by Gasteiger charge is 2.41. The van der Waals surface area contributed by atoms with Crippen molar-refractivity contribution in [2.45, 2.75) is 31.2 Å². The van der Waals surface area contributed by atoms with E-state index in [-0.39, 0.29) is 24.3 Å². The van der Waals surface area contributed by atoms with Crippen molar-refractivity contribution in [1.29, 1.82) is 0 Å². The van der Waals surface area contributed by atoms with E-state index in [1.807, 2.05) is 30.3 Å². The Balaban J connectivity index is 1.76. The van der Waals surface area contributed by atoms with Crippen LogP contribution in [0.4, 0.5) is 8.78 Å². The number of amidine groups is 1. The molecule has 4 atom stereocenters. The Bertz CT molecular complexity index is 599. The summed E-state index contributed by atoms with van der Waals surface area (Å²) < 4.78 is 27.3. The molecule has 22 heavy (non-hydrogen) atoms. The Morgan fingerprint density at radius 2 is 1.91 bits per heavy atom. The number of hydrazone groups is 1.